The van der Waals surface area contributed by atoms with Crippen LogP contribution >= 0.6 is 0 Å². The van der Waals surface area contributed by atoms with Crippen molar-refractivity contribution in [3.05, 3.63) is 46.6 Å². The lowest BCUT2D eigenvalue weighted by Crippen LogP contribution is -2.32. The van der Waals surface area contributed by atoms with Crippen molar-refractivity contribution >= 4 is 23.1 Å². The molecular formula is C20H23FN4O. The van der Waals surface area contributed by atoms with Crippen molar-refractivity contribution in [2.24, 2.45) is 10.9 Å². The zero-order chi connectivity index (χ0) is 17.9. The van der Waals surface area contributed by atoms with Crippen LogP contribution in [0.2, 0.25) is 0 Å². The molecule has 136 valence electrons. The standard InChI is InChI=1S/C20H23FN4O/c21-15-8-9-18-17(11-15)19(26)25(13-14-5-2-1-3-6-14)20(24-18)23-16-7-4-10-22-12-16/h4,8-12,14,16H,1-3,5-7,13H2,(H,23,24). The number of hydrogen-bond donors (Lipinski definition) is 1. The molecule has 5 nitrogen and oxygen atoms in total. The minimum absolute atomic E-state index is 0.00223. The fourth-order valence-corrected chi connectivity index (χ4v) is 3.85. The third kappa shape index (κ3) is 3.54. The van der Waals surface area contributed by atoms with Crippen LogP contribution < -0.4 is 10.9 Å². The summed E-state index contributed by atoms with van der Waals surface area (Å²) in [6, 6.07) is 4.20. The molecule has 2 heterocycles. The highest BCUT2D eigenvalue weighted by molar-refractivity contribution is 5.79. The number of nitrogens with one attached hydrogen (secondary N) is 1. The first-order chi connectivity index (χ1) is 12.7. The van der Waals surface area contributed by atoms with E-state index in [1.54, 1.807) is 16.8 Å². The van der Waals surface area contributed by atoms with Gasteiger partial charge in [-0.2, -0.15) is 0 Å². The van der Waals surface area contributed by atoms with Gasteiger partial charge in [0.15, 0.2) is 0 Å². The van der Waals surface area contributed by atoms with E-state index in [1.165, 1.54) is 31.4 Å². The molecule has 2 aliphatic rings. The zero-order valence-electron chi connectivity index (χ0n) is 14.7. The number of benzene rings is 1. The van der Waals surface area contributed by atoms with Gasteiger partial charge in [0.1, 0.15) is 5.82 Å². The molecule has 1 fully saturated rings. The summed E-state index contributed by atoms with van der Waals surface area (Å²) in [6.07, 6.45) is 12.3. The summed E-state index contributed by atoms with van der Waals surface area (Å²) in [5.74, 6) is 0.604. The summed E-state index contributed by atoms with van der Waals surface area (Å²) >= 11 is 0. The van der Waals surface area contributed by atoms with E-state index in [-0.39, 0.29) is 11.6 Å². The molecule has 0 amide bonds. The summed E-state index contributed by atoms with van der Waals surface area (Å²) < 4.78 is 15.4. The van der Waals surface area contributed by atoms with Gasteiger partial charge in [0.25, 0.3) is 5.56 Å². The first-order valence-electron chi connectivity index (χ1n) is 9.35. The fourth-order valence-electron chi connectivity index (χ4n) is 3.85. The molecule has 1 N–H and O–H groups in total. The average molecular weight is 354 g/mol. The highest BCUT2D eigenvalue weighted by Crippen LogP contribution is 2.26. The Morgan fingerprint density at radius 3 is 2.85 bits per heavy atom. The lowest BCUT2D eigenvalue weighted by Gasteiger charge is -2.25. The first-order valence-corrected chi connectivity index (χ1v) is 9.35. The molecule has 2 aromatic rings. The van der Waals surface area contributed by atoms with E-state index in [0.717, 1.165) is 19.3 Å². The third-order valence-electron chi connectivity index (χ3n) is 5.24. The van der Waals surface area contributed by atoms with E-state index in [0.29, 0.717) is 29.3 Å². The zero-order valence-corrected chi connectivity index (χ0v) is 14.7. The van der Waals surface area contributed by atoms with E-state index in [4.69, 9.17) is 0 Å². The number of anilines is 1. The van der Waals surface area contributed by atoms with Gasteiger partial charge in [-0.15, -0.1) is 0 Å². The molecule has 1 aromatic carbocycles. The van der Waals surface area contributed by atoms with Crippen molar-refractivity contribution in [2.45, 2.75) is 51.1 Å². The van der Waals surface area contributed by atoms with Gasteiger partial charge >= 0.3 is 0 Å². The number of rotatable bonds is 4. The molecule has 4 rings (SSSR count). The Balaban J connectivity index is 1.74. The summed E-state index contributed by atoms with van der Waals surface area (Å²) in [6.45, 7) is 0.625. The van der Waals surface area contributed by atoms with Gasteiger partial charge in [0.05, 0.1) is 16.9 Å². The molecule has 0 spiro atoms. The molecule has 26 heavy (non-hydrogen) atoms. The summed E-state index contributed by atoms with van der Waals surface area (Å²) in [5.41, 5.74) is 0.341. The van der Waals surface area contributed by atoms with Gasteiger partial charge < -0.3 is 5.32 Å². The Morgan fingerprint density at radius 2 is 2.08 bits per heavy atom. The highest BCUT2D eigenvalue weighted by atomic mass is 19.1. The van der Waals surface area contributed by atoms with Gasteiger partial charge in [-0.1, -0.05) is 25.3 Å². The summed E-state index contributed by atoms with van der Waals surface area (Å²) in [4.78, 5) is 21.9. The Bertz CT molecular complexity index is 912. The van der Waals surface area contributed by atoms with Crippen LogP contribution in [0.25, 0.3) is 10.9 Å². The second-order valence-corrected chi connectivity index (χ2v) is 7.19. The number of halogens is 1. The predicted molar refractivity (Wildman–Crippen MR) is 102 cm³/mol. The van der Waals surface area contributed by atoms with Crippen molar-refractivity contribution in [3.8, 4) is 0 Å². The lowest BCUT2D eigenvalue weighted by atomic mass is 9.89. The predicted octanol–water partition coefficient (Wildman–Crippen LogP) is 3.88. The van der Waals surface area contributed by atoms with Crippen molar-refractivity contribution in [3.63, 3.8) is 0 Å². The third-order valence-corrected chi connectivity index (χ3v) is 5.24. The Morgan fingerprint density at radius 1 is 1.23 bits per heavy atom. The number of hydrogen-bond acceptors (Lipinski definition) is 4. The number of fused-ring (bicyclic) bond motifs is 1. The monoisotopic (exact) mass is 354 g/mol. The SMILES string of the molecule is O=c1c2cc(F)ccc2nc(NC2C=NC=CC2)n1CC1CCCCC1. The largest absolute Gasteiger partial charge is 0.347 e. The number of aromatic nitrogens is 2. The van der Waals surface area contributed by atoms with E-state index in [2.05, 4.69) is 15.3 Å². The Kier molecular flexibility index (Phi) is 4.82. The van der Waals surface area contributed by atoms with E-state index in [1.807, 2.05) is 12.3 Å². The molecule has 0 bridgehead atoms. The highest BCUT2D eigenvalue weighted by Gasteiger charge is 2.20. The van der Waals surface area contributed by atoms with Crippen LogP contribution in [-0.4, -0.2) is 21.8 Å². The maximum absolute atomic E-state index is 13.7. The van der Waals surface area contributed by atoms with Crippen molar-refractivity contribution in [2.75, 3.05) is 5.32 Å². The Labute approximate surface area is 151 Å². The average Bonchev–Trinajstić information content (AvgIpc) is 2.67. The number of aliphatic imine (C=N–C) groups is 1. The maximum Gasteiger partial charge on any atom is 0.262 e. The minimum atomic E-state index is -0.411. The molecule has 1 aliphatic carbocycles. The summed E-state index contributed by atoms with van der Waals surface area (Å²) in [7, 11) is 0. The molecule has 6 heteroatoms. The minimum Gasteiger partial charge on any atom is -0.347 e. The number of nitrogens with zero attached hydrogens (tertiary/aromatic N) is 3. The molecule has 1 aromatic heterocycles. The molecule has 1 saturated carbocycles. The second kappa shape index (κ2) is 7.40. The van der Waals surface area contributed by atoms with Gasteiger partial charge in [-0.25, -0.2) is 9.37 Å². The van der Waals surface area contributed by atoms with E-state index in [9.17, 15) is 9.18 Å². The van der Waals surface area contributed by atoms with Crippen LogP contribution in [0.1, 0.15) is 38.5 Å². The molecular weight excluding hydrogens is 331 g/mol. The van der Waals surface area contributed by atoms with Crippen molar-refractivity contribution in [1.29, 1.82) is 0 Å². The van der Waals surface area contributed by atoms with Crippen LogP contribution in [0, 0.1) is 11.7 Å². The molecule has 0 saturated heterocycles. The normalized spacial score (nSPS) is 20.6. The van der Waals surface area contributed by atoms with Crippen molar-refractivity contribution < 1.29 is 4.39 Å². The van der Waals surface area contributed by atoms with Crippen LogP contribution in [-0.2, 0) is 6.54 Å². The van der Waals surface area contributed by atoms with Gasteiger partial charge in [0, 0.05) is 19.0 Å². The smallest absolute Gasteiger partial charge is 0.262 e. The van der Waals surface area contributed by atoms with Gasteiger partial charge in [-0.05, 0) is 43.4 Å². The quantitative estimate of drug-likeness (QED) is 0.906. The topological polar surface area (TPSA) is 59.3 Å². The van der Waals surface area contributed by atoms with Crippen LogP contribution in [0.5, 0.6) is 0 Å². The van der Waals surface area contributed by atoms with Crippen molar-refractivity contribution in [1.82, 2.24) is 9.55 Å². The van der Waals surface area contributed by atoms with Crippen LogP contribution in [0.4, 0.5) is 10.3 Å². The van der Waals surface area contributed by atoms with Crippen LogP contribution in [0.3, 0.4) is 0 Å². The lowest BCUT2D eigenvalue weighted by molar-refractivity contribution is 0.317. The first kappa shape index (κ1) is 16.9. The van der Waals surface area contributed by atoms with Gasteiger partial charge in [-0.3, -0.25) is 14.4 Å². The maximum atomic E-state index is 13.7. The molecule has 1 aliphatic heterocycles. The van der Waals surface area contributed by atoms with Crippen LogP contribution in [0.15, 0.2) is 40.3 Å². The van der Waals surface area contributed by atoms with E-state index >= 15 is 0 Å². The molecule has 1 atom stereocenters. The fraction of sp³-hybridized carbons (Fsp3) is 0.450. The second-order valence-electron chi connectivity index (χ2n) is 7.19. The molecule has 1 unspecified atom stereocenters. The van der Waals surface area contributed by atoms with E-state index < -0.39 is 5.82 Å². The van der Waals surface area contributed by atoms with Gasteiger partial charge in [0.2, 0.25) is 5.95 Å². The Hall–Kier alpha value is -2.50. The summed E-state index contributed by atoms with van der Waals surface area (Å²) in [5, 5.41) is 3.68. The molecule has 0 radical (unpaired) electrons.